The summed E-state index contributed by atoms with van der Waals surface area (Å²) in [5.74, 6) is 0. The molecule has 3 nitrogen and oxygen atoms in total. The first kappa shape index (κ1) is 22.2. The molecule has 0 aliphatic heterocycles. The molecule has 29 heavy (non-hydrogen) atoms. The minimum Gasteiger partial charge on any atom is -0.340 e. The van der Waals surface area contributed by atoms with Gasteiger partial charge in [-0.15, -0.1) is 0 Å². The highest BCUT2D eigenvalue weighted by Gasteiger charge is 2.22. The molecular formula is C26H33N3. The van der Waals surface area contributed by atoms with Crippen LogP contribution in [-0.4, -0.2) is 16.1 Å². The second-order valence-corrected chi connectivity index (χ2v) is 6.68. The van der Waals surface area contributed by atoms with E-state index < -0.39 is 0 Å². The van der Waals surface area contributed by atoms with Gasteiger partial charge in [-0.1, -0.05) is 51.3 Å². The molecule has 1 aromatic carbocycles. The first-order valence-electron chi connectivity index (χ1n) is 10.3. The maximum absolute atomic E-state index is 4.45. The molecule has 0 aliphatic rings. The van der Waals surface area contributed by atoms with Crippen LogP contribution in [0.15, 0.2) is 61.8 Å². The number of hydrogen-bond acceptors (Lipinski definition) is 2. The minimum absolute atomic E-state index is 0.815. The van der Waals surface area contributed by atoms with E-state index in [1.165, 1.54) is 5.69 Å². The summed E-state index contributed by atoms with van der Waals surface area (Å²) in [5.41, 5.74) is 8.76. The molecule has 0 amide bonds. The lowest BCUT2D eigenvalue weighted by Crippen LogP contribution is -2.21. The molecule has 0 atom stereocenters. The Morgan fingerprint density at radius 3 is 2.21 bits per heavy atom. The van der Waals surface area contributed by atoms with E-state index in [0.717, 1.165) is 46.1 Å². The molecule has 0 unspecified atom stereocenters. The van der Waals surface area contributed by atoms with E-state index in [1.54, 1.807) is 0 Å². The quantitative estimate of drug-likeness (QED) is 0.455. The van der Waals surface area contributed by atoms with Crippen LogP contribution in [0, 0.1) is 20.8 Å². The summed E-state index contributed by atoms with van der Waals surface area (Å²) in [6.07, 6.45) is 3.84. The van der Waals surface area contributed by atoms with E-state index >= 15 is 0 Å². The third kappa shape index (κ3) is 4.34. The van der Waals surface area contributed by atoms with E-state index in [4.69, 9.17) is 0 Å². The predicted molar refractivity (Wildman–Crippen MR) is 128 cm³/mol. The maximum atomic E-state index is 4.45. The minimum atomic E-state index is 0.815. The first-order valence-corrected chi connectivity index (χ1v) is 10.3. The van der Waals surface area contributed by atoms with Crippen molar-refractivity contribution >= 4 is 17.5 Å². The lowest BCUT2D eigenvalue weighted by atomic mass is 10.0. The van der Waals surface area contributed by atoms with Crippen molar-refractivity contribution in [3.05, 3.63) is 90.0 Å². The zero-order chi connectivity index (χ0) is 21.6. The molecule has 0 bridgehead atoms. The maximum Gasteiger partial charge on any atom is 0.0597 e. The van der Waals surface area contributed by atoms with Crippen LogP contribution < -0.4 is 4.90 Å². The van der Waals surface area contributed by atoms with Gasteiger partial charge in [-0.2, -0.15) is 0 Å². The number of pyridine rings is 1. The van der Waals surface area contributed by atoms with Crippen LogP contribution in [0.5, 0.6) is 0 Å². The van der Waals surface area contributed by atoms with Gasteiger partial charge in [0, 0.05) is 46.1 Å². The molecule has 0 saturated heterocycles. The summed E-state index contributed by atoms with van der Waals surface area (Å²) >= 11 is 0. The summed E-state index contributed by atoms with van der Waals surface area (Å²) in [4.78, 5) is 6.66. The van der Waals surface area contributed by atoms with E-state index in [1.807, 2.05) is 45.2 Å². The highest BCUT2D eigenvalue weighted by Crippen LogP contribution is 2.34. The van der Waals surface area contributed by atoms with Gasteiger partial charge in [-0.25, -0.2) is 0 Å². The standard InChI is InChI=1S/C24H27N3.C2H6/c1-7-23-18(4)27(21-12-10-9-11-13-21)20(6)24(23)19(5)26(8-2)22-15-14-17(3)25-16-22;1-2/h7,9-16H,1,5,8H2,2-4,6H3;1-2H3. The van der Waals surface area contributed by atoms with Gasteiger partial charge in [0.2, 0.25) is 0 Å². The van der Waals surface area contributed by atoms with Crippen molar-refractivity contribution in [2.45, 2.75) is 41.5 Å². The number of benzene rings is 1. The largest absolute Gasteiger partial charge is 0.340 e. The summed E-state index contributed by atoms with van der Waals surface area (Å²) in [6, 6.07) is 14.5. The van der Waals surface area contributed by atoms with Crippen LogP contribution in [0.4, 0.5) is 5.69 Å². The highest BCUT2D eigenvalue weighted by atomic mass is 15.1. The molecule has 3 heteroatoms. The average molecular weight is 388 g/mol. The second kappa shape index (κ2) is 9.92. The number of hydrogen-bond donors (Lipinski definition) is 0. The van der Waals surface area contributed by atoms with Crippen LogP contribution >= 0.6 is 0 Å². The molecular weight excluding hydrogens is 354 g/mol. The fraction of sp³-hybridized carbons (Fsp3) is 0.269. The molecule has 2 heterocycles. The summed E-state index contributed by atoms with van der Waals surface area (Å²) in [6.45, 7) is 21.7. The molecule has 3 aromatic rings. The van der Waals surface area contributed by atoms with Crippen LogP contribution in [0.25, 0.3) is 17.5 Å². The average Bonchev–Trinajstić information content (AvgIpc) is 3.01. The van der Waals surface area contributed by atoms with Gasteiger partial charge in [-0.3, -0.25) is 4.98 Å². The molecule has 0 aliphatic carbocycles. The van der Waals surface area contributed by atoms with Crippen molar-refractivity contribution in [1.82, 2.24) is 9.55 Å². The van der Waals surface area contributed by atoms with Crippen LogP contribution in [-0.2, 0) is 0 Å². The van der Waals surface area contributed by atoms with Crippen molar-refractivity contribution in [1.29, 1.82) is 0 Å². The van der Waals surface area contributed by atoms with Gasteiger partial charge < -0.3 is 9.47 Å². The van der Waals surface area contributed by atoms with Gasteiger partial charge in [-0.05, 0) is 52.0 Å². The van der Waals surface area contributed by atoms with Gasteiger partial charge in [0.15, 0.2) is 0 Å². The molecule has 2 aromatic heterocycles. The van der Waals surface area contributed by atoms with Gasteiger partial charge >= 0.3 is 0 Å². The molecule has 0 radical (unpaired) electrons. The van der Waals surface area contributed by atoms with Crippen molar-refractivity contribution in [2.24, 2.45) is 0 Å². The SMILES string of the molecule is C=Cc1c(C(=C)N(CC)c2ccc(C)nc2)c(C)n(-c2ccccc2)c1C.CC. The van der Waals surface area contributed by atoms with E-state index in [-0.39, 0.29) is 0 Å². The number of nitrogens with zero attached hydrogens (tertiary/aromatic N) is 3. The van der Waals surface area contributed by atoms with Crippen molar-refractivity contribution in [2.75, 3.05) is 11.4 Å². The summed E-state index contributed by atoms with van der Waals surface area (Å²) in [7, 11) is 0. The van der Waals surface area contributed by atoms with Crippen molar-refractivity contribution in [3.8, 4) is 5.69 Å². The fourth-order valence-electron chi connectivity index (χ4n) is 3.72. The number of aryl methyl sites for hydroxylation is 1. The molecule has 152 valence electrons. The number of aromatic nitrogens is 2. The normalized spacial score (nSPS) is 10.1. The Kier molecular flexibility index (Phi) is 7.60. The molecule has 3 rings (SSSR count). The van der Waals surface area contributed by atoms with Gasteiger partial charge in [0.05, 0.1) is 11.9 Å². The van der Waals surface area contributed by atoms with E-state index in [0.29, 0.717) is 0 Å². The van der Waals surface area contributed by atoms with Gasteiger partial charge in [0.25, 0.3) is 0 Å². The predicted octanol–water partition coefficient (Wildman–Crippen LogP) is 6.96. The zero-order valence-electron chi connectivity index (χ0n) is 18.7. The molecule has 0 fully saturated rings. The van der Waals surface area contributed by atoms with Crippen molar-refractivity contribution in [3.63, 3.8) is 0 Å². The highest BCUT2D eigenvalue weighted by molar-refractivity contribution is 5.85. The van der Waals surface area contributed by atoms with Crippen LogP contribution in [0.3, 0.4) is 0 Å². The molecule has 0 spiro atoms. The Bertz CT molecular complexity index is 963. The number of para-hydroxylation sites is 1. The Morgan fingerprint density at radius 1 is 1.03 bits per heavy atom. The Morgan fingerprint density at radius 2 is 1.69 bits per heavy atom. The van der Waals surface area contributed by atoms with Crippen LogP contribution in [0.1, 0.15) is 49.0 Å². The van der Waals surface area contributed by atoms with Crippen LogP contribution in [0.2, 0.25) is 0 Å². The van der Waals surface area contributed by atoms with E-state index in [2.05, 4.69) is 78.7 Å². The first-order chi connectivity index (χ1) is 14.0. The third-order valence-electron chi connectivity index (χ3n) is 5.05. The monoisotopic (exact) mass is 387 g/mol. The topological polar surface area (TPSA) is 21.1 Å². The summed E-state index contributed by atoms with van der Waals surface area (Å²) < 4.78 is 2.28. The molecule has 0 N–H and O–H groups in total. The number of anilines is 1. The molecule has 0 saturated carbocycles. The van der Waals surface area contributed by atoms with Gasteiger partial charge in [0.1, 0.15) is 0 Å². The lowest BCUT2D eigenvalue weighted by molar-refractivity contribution is 0.958. The third-order valence-corrected chi connectivity index (χ3v) is 5.05. The zero-order valence-corrected chi connectivity index (χ0v) is 18.7. The Labute approximate surface area is 176 Å². The summed E-state index contributed by atoms with van der Waals surface area (Å²) in [5, 5.41) is 0. The Balaban J connectivity index is 0.00000145. The smallest absolute Gasteiger partial charge is 0.0597 e. The second-order valence-electron chi connectivity index (χ2n) is 6.68. The lowest BCUT2D eigenvalue weighted by Gasteiger charge is -2.26. The van der Waals surface area contributed by atoms with E-state index in [9.17, 15) is 0 Å². The Hall–Kier alpha value is -3.07. The number of rotatable bonds is 6. The fourth-order valence-corrected chi connectivity index (χ4v) is 3.72. The van der Waals surface area contributed by atoms with Crippen molar-refractivity contribution < 1.29 is 0 Å².